The fourth-order valence-corrected chi connectivity index (χ4v) is 0.820. The Hall–Kier alpha value is -2.50. The molecule has 0 aromatic heterocycles. The summed E-state index contributed by atoms with van der Waals surface area (Å²) in [4.78, 5) is 44.7. The zero-order valence-electron chi connectivity index (χ0n) is 11.4. The van der Waals surface area contributed by atoms with Crippen LogP contribution in [-0.2, 0) is 28.7 Å². The normalized spacial score (nSPS) is 9.90. The fourth-order valence-electron chi connectivity index (χ4n) is 0.820. The first kappa shape index (κ1) is 17.5. The molecule has 108 valence electrons. The maximum absolute atomic E-state index is 11.2. The maximum Gasteiger partial charge on any atom is 0.341 e. The molecule has 0 radical (unpaired) electrons. The number of hydrogen-bond donors (Lipinski definition) is 0. The van der Waals surface area contributed by atoms with Crippen molar-refractivity contribution in [1.82, 2.24) is 0 Å². The van der Waals surface area contributed by atoms with Crippen LogP contribution in [0.1, 0.15) is 26.7 Å². The minimum Gasteiger partial charge on any atom is -0.386 e. The van der Waals surface area contributed by atoms with Crippen LogP contribution in [-0.4, -0.2) is 23.9 Å². The van der Waals surface area contributed by atoms with Crippen LogP contribution >= 0.6 is 0 Å². The number of esters is 4. The lowest BCUT2D eigenvalue weighted by atomic mass is 10.2. The smallest absolute Gasteiger partial charge is 0.341 e. The van der Waals surface area contributed by atoms with Gasteiger partial charge in [0.15, 0.2) is 0 Å². The van der Waals surface area contributed by atoms with E-state index in [2.05, 4.69) is 22.6 Å². The minimum absolute atomic E-state index is 0.128. The summed E-state index contributed by atoms with van der Waals surface area (Å²) in [5.74, 6) is -3.84. The Labute approximate surface area is 116 Å². The van der Waals surface area contributed by atoms with E-state index in [9.17, 15) is 19.2 Å². The fraction of sp³-hybridized carbons (Fsp3) is 0.286. The summed E-state index contributed by atoms with van der Waals surface area (Å²) in [6.45, 7) is 10.1. The van der Waals surface area contributed by atoms with Crippen LogP contribution in [0.4, 0.5) is 0 Å². The summed E-state index contributed by atoms with van der Waals surface area (Å²) >= 11 is 0. The molecule has 0 atom stereocenters. The molecule has 20 heavy (non-hydrogen) atoms. The minimum atomic E-state index is -1.05. The molecular weight excluding hydrogens is 264 g/mol. The van der Waals surface area contributed by atoms with Crippen molar-refractivity contribution >= 4 is 23.9 Å². The van der Waals surface area contributed by atoms with E-state index in [0.29, 0.717) is 25.0 Å². The third-order valence-corrected chi connectivity index (χ3v) is 2.17. The monoisotopic (exact) mass is 280 g/mol. The summed E-state index contributed by atoms with van der Waals surface area (Å²) in [7, 11) is 0. The molecule has 0 aromatic carbocycles. The molecule has 0 aliphatic rings. The van der Waals surface area contributed by atoms with Crippen molar-refractivity contribution in [3.8, 4) is 0 Å². The van der Waals surface area contributed by atoms with Crippen molar-refractivity contribution in [2.75, 3.05) is 0 Å². The lowest BCUT2D eigenvalue weighted by molar-refractivity contribution is -0.156. The predicted octanol–water partition coefficient (Wildman–Crippen LogP) is 1.61. The van der Waals surface area contributed by atoms with Crippen molar-refractivity contribution in [3.05, 3.63) is 36.5 Å². The van der Waals surface area contributed by atoms with E-state index in [4.69, 9.17) is 0 Å². The maximum atomic E-state index is 11.2. The number of ether oxygens (including phenoxy) is 2. The lowest BCUT2D eigenvalue weighted by Gasteiger charge is -2.01. The summed E-state index contributed by atoms with van der Waals surface area (Å²) in [6.07, 6.45) is 2.05. The Morgan fingerprint density at radius 2 is 1.10 bits per heavy atom. The molecule has 6 nitrogen and oxygen atoms in total. The molecule has 0 amide bonds. The summed E-state index contributed by atoms with van der Waals surface area (Å²) in [5.41, 5.74) is 0.257. The Balaban J connectivity index is 4.36. The second-order valence-corrected chi connectivity index (χ2v) is 3.66. The van der Waals surface area contributed by atoms with Crippen LogP contribution in [0.25, 0.3) is 0 Å². The molecule has 0 rings (SSSR count). The van der Waals surface area contributed by atoms with E-state index in [1.165, 1.54) is 0 Å². The molecule has 0 fully saturated rings. The van der Waals surface area contributed by atoms with Crippen LogP contribution < -0.4 is 0 Å². The van der Waals surface area contributed by atoms with Gasteiger partial charge in [-0.05, 0) is 12.8 Å². The number of rotatable bonds is 6. The third-order valence-electron chi connectivity index (χ3n) is 2.17. The Kier molecular flexibility index (Phi) is 7.50. The van der Waals surface area contributed by atoms with Crippen molar-refractivity contribution in [2.45, 2.75) is 26.7 Å². The Morgan fingerprint density at radius 3 is 1.35 bits per heavy atom. The molecule has 0 aliphatic carbocycles. The van der Waals surface area contributed by atoms with Gasteiger partial charge in [0.1, 0.15) is 0 Å². The highest BCUT2D eigenvalue weighted by Gasteiger charge is 2.13. The van der Waals surface area contributed by atoms with Crippen LogP contribution in [0, 0.1) is 0 Å². The number of carbonyl (C=O) groups excluding carboxylic acids is 4. The van der Waals surface area contributed by atoms with Crippen molar-refractivity contribution < 1.29 is 28.7 Å². The van der Waals surface area contributed by atoms with Gasteiger partial charge in [-0.2, -0.15) is 0 Å². The standard InChI is InChI=1S/C14H16O6/c1-5-9(3)13(17)19-11(15)7-8-12(16)20-14(18)10(4)6-2/h7-8H,3-6H2,1-2H3/b8-7-. The molecule has 0 aromatic rings. The third kappa shape index (κ3) is 6.44. The molecule has 0 spiro atoms. The SMILES string of the molecule is C=C(CC)C(=O)OC(=O)/C=C\C(=O)OC(=O)C(=C)CC. The van der Waals surface area contributed by atoms with E-state index >= 15 is 0 Å². The molecule has 6 heteroatoms. The van der Waals surface area contributed by atoms with Crippen LogP contribution in [0.3, 0.4) is 0 Å². The summed E-state index contributed by atoms with van der Waals surface area (Å²) < 4.78 is 8.71. The lowest BCUT2D eigenvalue weighted by Crippen LogP contribution is -2.14. The highest BCUT2D eigenvalue weighted by atomic mass is 16.6. The molecule has 0 N–H and O–H groups in total. The van der Waals surface area contributed by atoms with Gasteiger partial charge in [0.25, 0.3) is 0 Å². The van der Waals surface area contributed by atoms with Crippen molar-refractivity contribution in [3.63, 3.8) is 0 Å². The highest BCUT2D eigenvalue weighted by Crippen LogP contribution is 2.01. The highest BCUT2D eigenvalue weighted by molar-refractivity contribution is 6.03. The largest absolute Gasteiger partial charge is 0.386 e. The van der Waals surface area contributed by atoms with E-state index < -0.39 is 23.9 Å². The topological polar surface area (TPSA) is 86.7 Å². The molecule has 0 unspecified atom stereocenters. The quantitative estimate of drug-likeness (QED) is 0.417. The van der Waals surface area contributed by atoms with Gasteiger partial charge in [0.2, 0.25) is 0 Å². The van der Waals surface area contributed by atoms with Gasteiger partial charge >= 0.3 is 23.9 Å². The van der Waals surface area contributed by atoms with E-state index in [1.54, 1.807) is 13.8 Å². The Morgan fingerprint density at radius 1 is 0.800 bits per heavy atom. The first-order valence-corrected chi connectivity index (χ1v) is 5.87. The number of hydrogen-bond acceptors (Lipinski definition) is 6. The molecule has 0 saturated heterocycles. The first-order chi connectivity index (χ1) is 9.31. The van der Waals surface area contributed by atoms with E-state index in [-0.39, 0.29) is 11.1 Å². The van der Waals surface area contributed by atoms with Gasteiger partial charge in [0.05, 0.1) is 0 Å². The van der Waals surface area contributed by atoms with Gasteiger partial charge in [-0.25, -0.2) is 19.2 Å². The molecular formula is C14H16O6. The van der Waals surface area contributed by atoms with E-state index in [1.807, 2.05) is 0 Å². The predicted molar refractivity (Wildman–Crippen MR) is 70.2 cm³/mol. The average Bonchev–Trinajstić information content (AvgIpc) is 2.42. The van der Waals surface area contributed by atoms with Gasteiger partial charge < -0.3 is 9.47 Å². The molecule has 0 aliphatic heterocycles. The second-order valence-electron chi connectivity index (χ2n) is 3.66. The van der Waals surface area contributed by atoms with Crippen molar-refractivity contribution in [2.24, 2.45) is 0 Å². The van der Waals surface area contributed by atoms with Crippen LogP contribution in [0.5, 0.6) is 0 Å². The van der Waals surface area contributed by atoms with Gasteiger partial charge in [-0.15, -0.1) is 0 Å². The first-order valence-electron chi connectivity index (χ1n) is 5.87. The van der Waals surface area contributed by atoms with Crippen molar-refractivity contribution in [1.29, 1.82) is 0 Å². The molecule has 0 bridgehead atoms. The molecule has 0 heterocycles. The van der Waals surface area contributed by atoms with Crippen LogP contribution in [0.2, 0.25) is 0 Å². The zero-order chi connectivity index (χ0) is 15.7. The summed E-state index contributed by atoms with van der Waals surface area (Å²) in [5, 5.41) is 0. The van der Waals surface area contributed by atoms with E-state index in [0.717, 1.165) is 0 Å². The van der Waals surface area contributed by atoms with Gasteiger partial charge in [0, 0.05) is 23.3 Å². The number of carbonyl (C=O) groups is 4. The Bertz CT molecular complexity index is 440. The summed E-state index contributed by atoms with van der Waals surface area (Å²) in [6, 6.07) is 0. The molecule has 0 saturated carbocycles. The second kappa shape index (κ2) is 8.58. The van der Waals surface area contributed by atoms with Crippen LogP contribution in [0.15, 0.2) is 36.5 Å². The van der Waals surface area contributed by atoms with Gasteiger partial charge in [-0.1, -0.05) is 27.0 Å². The average molecular weight is 280 g/mol. The zero-order valence-corrected chi connectivity index (χ0v) is 11.4. The van der Waals surface area contributed by atoms with Gasteiger partial charge in [-0.3, -0.25) is 0 Å².